The summed E-state index contributed by atoms with van der Waals surface area (Å²) in [5.41, 5.74) is 1.74. The fourth-order valence-corrected chi connectivity index (χ4v) is 5.52. The van der Waals surface area contributed by atoms with E-state index >= 15 is 4.39 Å². The Balaban J connectivity index is 1.45. The number of aliphatic imine (C=N–C) groups is 1. The minimum Gasteiger partial charge on any atom is -0.323 e. The second-order valence-corrected chi connectivity index (χ2v) is 11.4. The van der Waals surface area contributed by atoms with Crippen LogP contribution in [0.25, 0.3) is 6.20 Å². The molecular formula is C32H31ClF2N4O2. The van der Waals surface area contributed by atoms with Gasteiger partial charge in [0.15, 0.2) is 5.82 Å². The summed E-state index contributed by atoms with van der Waals surface area (Å²) in [7, 11) is 0. The molecule has 212 valence electrons. The number of anilines is 1. The van der Waals surface area contributed by atoms with E-state index in [1.807, 2.05) is 19.9 Å². The van der Waals surface area contributed by atoms with Crippen molar-refractivity contribution in [3.8, 4) is 0 Å². The van der Waals surface area contributed by atoms with Gasteiger partial charge in [0, 0.05) is 35.3 Å². The van der Waals surface area contributed by atoms with E-state index in [9.17, 15) is 14.0 Å². The van der Waals surface area contributed by atoms with Gasteiger partial charge in [-0.1, -0.05) is 37.6 Å². The smallest absolute Gasteiger partial charge is 0.273 e. The van der Waals surface area contributed by atoms with Crippen LogP contribution in [-0.4, -0.2) is 21.2 Å². The van der Waals surface area contributed by atoms with Gasteiger partial charge in [-0.2, -0.15) is 0 Å². The highest BCUT2D eigenvalue weighted by Crippen LogP contribution is 2.61. The summed E-state index contributed by atoms with van der Waals surface area (Å²) in [5.74, 6) is -1.09. The van der Waals surface area contributed by atoms with Crippen molar-refractivity contribution in [3.63, 3.8) is 0 Å². The van der Waals surface area contributed by atoms with Crippen molar-refractivity contribution in [3.05, 3.63) is 110 Å². The largest absolute Gasteiger partial charge is 0.323 e. The summed E-state index contributed by atoms with van der Waals surface area (Å²) in [6.07, 6.45) is 10.6. The Morgan fingerprint density at radius 1 is 1.22 bits per heavy atom. The van der Waals surface area contributed by atoms with Gasteiger partial charge in [-0.3, -0.25) is 24.1 Å². The Hall–Kier alpha value is -3.91. The second-order valence-electron chi connectivity index (χ2n) is 11.1. The molecule has 0 saturated heterocycles. The zero-order valence-electron chi connectivity index (χ0n) is 23.3. The normalized spacial score (nSPS) is 21.4. The van der Waals surface area contributed by atoms with Gasteiger partial charge in [-0.25, -0.2) is 8.78 Å². The molecule has 0 radical (unpaired) electrons. The maximum Gasteiger partial charge on any atom is 0.273 e. The molecule has 2 heterocycles. The minimum absolute atomic E-state index is 0.0127. The standard InChI is InChI=1S/C32H31ClF2N4O2/c1-5-12-37-24(22-7-6-8-25(29(22)35)38-31(41)32(4)10-11-32)9-13-39-18(2)14-23(28(33)30(39)40)27-19(3)26(27)20-15-21(34)17-36-16-20/h5-9,12-17,19,26-27H,10-11H2,1-4H3,(H,38,41)/b12-5+,13-9+,37-24-. The molecular weight excluding hydrogens is 546 g/mol. The number of hydrogen-bond donors (Lipinski definition) is 1. The number of allylic oxidation sites excluding steroid dienone is 2. The van der Waals surface area contributed by atoms with Crippen molar-refractivity contribution in [2.24, 2.45) is 16.3 Å². The Morgan fingerprint density at radius 2 is 1.98 bits per heavy atom. The van der Waals surface area contributed by atoms with E-state index in [0.717, 1.165) is 24.6 Å². The van der Waals surface area contributed by atoms with Gasteiger partial charge in [0.1, 0.15) is 10.8 Å². The van der Waals surface area contributed by atoms with Crippen molar-refractivity contribution in [2.45, 2.75) is 52.4 Å². The molecule has 5 rings (SSSR count). The van der Waals surface area contributed by atoms with Crippen molar-refractivity contribution >= 4 is 35.1 Å². The van der Waals surface area contributed by atoms with Crippen molar-refractivity contribution in [2.75, 3.05) is 5.32 Å². The van der Waals surface area contributed by atoms with Crippen LogP contribution in [0.2, 0.25) is 5.02 Å². The van der Waals surface area contributed by atoms with Gasteiger partial charge >= 0.3 is 0 Å². The van der Waals surface area contributed by atoms with E-state index in [1.165, 1.54) is 35.2 Å². The molecule has 2 fully saturated rings. The SMILES string of the molecule is C/C=C/N=C(/C=C/n1c(C)cc(C2C(C)C2c2cncc(F)c2)c(Cl)c1=O)c1cccc(NC(=O)C2(C)CC2)c1F. The van der Waals surface area contributed by atoms with Crippen molar-refractivity contribution < 1.29 is 13.6 Å². The van der Waals surface area contributed by atoms with Crippen LogP contribution in [0, 0.1) is 29.9 Å². The van der Waals surface area contributed by atoms with Crippen molar-refractivity contribution in [1.29, 1.82) is 0 Å². The topological polar surface area (TPSA) is 76.3 Å². The van der Waals surface area contributed by atoms with Gasteiger partial charge in [-0.15, -0.1) is 0 Å². The van der Waals surface area contributed by atoms with E-state index in [0.29, 0.717) is 11.3 Å². The van der Waals surface area contributed by atoms with E-state index in [4.69, 9.17) is 11.6 Å². The maximum atomic E-state index is 15.6. The number of amides is 1. The Bertz CT molecular complexity index is 1670. The number of rotatable bonds is 8. The first-order chi connectivity index (χ1) is 19.6. The zero-order valence-corrected chi connectivity index (χ0v) is 24.0. The van der Waals surface area contributed by atoms with Crippen LogP contribution in [0.3, 0.4) is 0 Å². The average Bonchev–Trinajstić information content (AvgIpc) is 3.85. The van der Waals surface area contributed by atoms with E-state index < -0.39 is 22.6 Å². The molecule has 3 atom stereocenters. The summed E-state index contributed by atoms with van der Waals surface area (Å²) in [5, 5.41) is 2.78. The monoisotopic (exact) mass is 576 g/mol. The zero-order chi connectivity index (χ0) is 29.5. The highest BCUT2D eigenvalue weighted by Gasteiger charge is 2.50. The molecule has 1 amide bonds. The van der Waals surface area contributed by atoms with Gasteiger partial charge in [-0.05, 0) is 85.9 Å². The van der Waals surface area contributed by atoms with Gasteiger partial charge in [0.25, 0.3) is 5.56 Å². The summed E-state index contributed by atoms with van der Waals surface area (Å²) >= 11 is 6.61. The van der Waals surface area contributed by atoms with E-state index in [2.05, 4.69) is 15.3 Å². The Kier molecular flexibility index (Phi) is 7.79. The van der Waals surface area contributed by atoms with Crippen LogP contribution in [0.1, 0.15) is 67.8 Å². The Morgan fingerprint density at radius 3 is 2.66 bits per heavy atom. The van der Waals surface area contributed by atoms with Gasteiger partial charge in [0.2, 0.25) is 5.91 Å². The number of carbonyl (C=O) groups excluding carboxylic acids is 1. The maximum absolute atomic E-state index is 15.6. The number of carbonyl (C=O) groups is 1. The molecule has 0 spiro atoms. The first-order valence-corrected chi connectivity index (χ1v) is 13.9. The van der Waals surface area contributed by atoms with Gasteiger partial charge in [0.05, 0.1) is 17.6 Å². The highest BCUT2D eigenvalue weighted by atomic mass is 35.5. The van der Waals surface area contributed by atoms with Crippen LogP contribution in [0.5, 0.6) is 0 Å². The van der Waals surface area contributed by atoms with Crippen molar-refractivity contribution in [1.82, 2.24) is 9.55 Å². The predicted molar refractivity (Wildman–Crippen MR) is 158 cm³/mol. The number of hydrogen-bond acceptors (Lipinski definition) is 4. The summed E-state index contributed by atoms with van der Waals surface area (Å²) in [4.78, 5) is 34.3. The number of nitrogens with zero attached hydrogens (tertiary/aromatic N) is 3. The number of nitrogens with one attached hydrogen (secondary N) is 1. The molecule has 2 aromatic heterocycles. The third kappa shape index (κ3) is 5.66. The molecule has 3 unspecified atom stereocenters. The fraction of sp³-hybridized carbons (Fsp3) is 0.312. The number of halogens is 3. The third-order valence-electron chi connectivity index (χ3n) is 8.07. The fourth-order valence-electron chi connectivity index (χ4n) is 5.25. The molecule has 2 aliphatic carbocycles. The second kappa shape index (κ2) is 11.2. The molecule has 2 saturated carbocycles. The van der Waals surface area contributed by atoms with Crippen LogP contribution in [-0.2, 0) is 4.79 Å². The minimum atomic E-state index is -0.615. The first-order valence-electron chi connectivity index (χ1n) is 13.5. The molecule has 41 heavy (non-hydrogen) atoms. The molecule has 6 nitrogen and oxygen atoms in total. The lowest BCUT2D eigenvalue weighted by Crippen LogP contribution is -2.22. The van der Waals surface area contributed by atoms with Gasteiger partial charge < -0.3 is 5.32 Å². The Labute approximate surface area is 242 Å². The first kappa shape index (κ1) is 28.6. The molecule has 1 N–H and O–H groups in total. The number of aromatic nitrogens is 2. The quantitative estimate of drug-likeness (QED) is 0.287. The molecule has 2 aliphatic rings. The summed E-state index contributed by atoms with van der Waals surface area (Å²) in [6.45, 7) is 7.46. The van der Waals surface area contributed by atoms with Crippen LogP contribution in [0.15, 0.2) is 70.9 Å². The average molecular weight is 577 g/mol. The lowest BCUT2D eigenvalue weighted by molar-refractivity contribution is -0.120. The van der Waals surface area contributed by atoms with E-state index in [-0.39, 0.29) is 45.6 Å². The number of benzene rings is 1. The van der Waals surface area contributed by atoms with E-state index in [1.54, 1.807) is 38.3 Å². The summed E-state index contributed by atoms with van der Waals surface area (Å²) in [6, 6.07) is 8.06. The third-order valence-corrected chi connectivity index (χ3v) is 8.45. The molecule has 0 aliphatic heterocycles. The molecule has 3 aromatic rings. The lowest BCUT2D eigenvalue weighted by Gasteiger charge is -2.13. The number of aryl methyl sites for hydroxylation is 1. The number of pyridine rings is 2. The molecule has 0 bridgehead atoms. The summed E-state index contributed by atoms with van der Waals surface area (Å²) < 4.78 is 30.7. The molecule has 1 aromatic carbocycles. The van der Waals surface area contributed by atoms with Crippen LogP contribution in [0.4, 0.5) is 14.5 Å². The lowest BCUT2D eigenvalue weighted by atomic mass is 10.1. The van der Waals surface area contributed by atoms with Crippen LogP contribution < -0.4 is 10.9 Å². The van der Waals surface area contributed by atoms with Crippen LogP contribution >= 0.6 is 11.6 Å². The highest BCUT2D eigenvalue weighted by molar-refractivity contribution is 6.31. The predicted octanol–water partition coefficient (Wildman–Crippen LogP) is 7.23. The molecule has 9 heteroatoms.